The Hall–Kier alpha value is -3.35. The third-order valence-corrected chi connectivity index (χ3v) is 5.50. The van der Waals surface area contributed by atoms with E-state index in [0.717, 1.165) is 16.9 Å². The Balaban J connectivity index is 1.72. The van der Waals surface area contributed by atoms with Crippen LogP contribution in [0.1, 0.15) is 63.4 Å². The zero-order chi connectivity index (χ0) is 24.2. The molecule has 3 amide bonds. The van der Waals surface area contributed by atoms with Crippen molar-refractivity contribution in [2.75, 3.05) is 0 Å². The largest absolute Gasteiger partial charge is 0.469 e. The minimum atomic E-state index is -0.803. The summed E-state index contributed by atoms with van der Waals surface area (Å²) < 4.78 is 11.5. The van der Waals surface area contributed by atoms with Crippen molar-refractivity contribution in [3.63, 3.8) is 0 Å². The number of carbonyl (C=O) groups excluding carboxylic acids is 3. The molecule has 2 aromatic carbocycles. The van der Waals surface area contributed by atoms with E-state index in [1.165, 1.54) is 0 Å². The first kappa shape index (κ1) is 24.3. The molecule has 0 radical (unpaired) electrons. The lowest BCUT2D eigenvalue weighted by molar-refractivity contribution is -0.187. The molecular weight excluding hydrogens is 420 g/mol. The summed E-state index contributed by atoms with van der Waals surface area (Å²) >= 11 is 0. The Morgan fingerprint density at radius 2 is 1.70 bits per heavy atom. The molecule has 0 bridgehead atoms. The van der Waals surface area contributed by atoms with Crippen LogP contribution in [0.4, 0.5) is 4.79 Å². The Kier molecular flexibility index (Phi) is 7.10. The molecule has 2 atom stereocenters. The predicted molar refractivity (Wildman–Crippen MR) is 125 cm³/mol. The molecule has 1 heterocycles. The zero-order valence-electron chi connectivity index (χ0n) is 19.9. The normalized spacial score (nSPS) is 20.1. The number of nitrogens with zero attached hydrogens (tertiary/aromatic N) is 1. The first-order chi connectivity index (χ1) is 15.5. The highest BCUT2D eigenvalue weighted by Crippen LogP contribution is 2.44. The molecule has 33 heavy (non-hydrogen) atoms. The quantitative estimate of drug-likeness (QED) is 0.477. The van der Waals surface area contributed by atoms with E-state index in [2.05, 4.69) is 5.32 Å². The van der Waals surface area contributed by atoms with Gasteiger partial charge >= 0.3 is 12.0 Å². The number of ether oxygens (including phenoxy) is 2. The number of nitrogens with one attached hydrogen (secondary N) is 1. The van der Waals surface area contributed by atoms with Crippen molar-refractivity contribution in [2.24, 2.45) is 5.41 Å². The molecule has 2 aromatic rings. The Morgan fingerprint density at radius 3 is 2.27 bits per heavy atom. The maximum atomic E-state index is 12.9. The van der Waals surface area contributed by atoms with Crippen LogP contribution in [-0.4, -0.2) is 34.6 Å². The minimum absolute atomic E-state index is 0.259. The second-order valence-electron chi connectivity index (χ2n) is 9.48. The number of benzene rings is 2. The lowest BCUT2D eigenvalue weighted by atomic mass is 9.74. The van der Waals surface area contributed by atoms with Gasteiger partial charge in [-0.3, -0.25) is 4.79 Å². The fraction of sp³-hybridized carbons (Fsp3) is 0.423. The van der Waals surface area contributed by atoms with Gasteiger partial charge < -0.3 is 14.8 Å². The molecule has 7 nitrogen and oxygen atoms in total. The summed E-state index contributed by atoms with van der Waals surface area (Å²) in [4.78, 5) is 39.2. The van der Waals surface area contributed by atoms with Crippen LogP contribution in [0.15, 0.2) is 54.6 Å². The van der Waals surface area contributed by atoms with Crippen molar-refractivity contribution in [1.82, 2.24) is 10.2 Å². The summed E-state index contributed by atoms with van der Waals surface area (Å²) in [6.07, 6.45) is 0.627. The standard InChI is InChI=1S/C26H32N2O5/c1-6-16-26(5)22(30)28(24(31)27-17-18-10-8-7-9-11-18)23(26)32-20-14-12-19(13-15-20)21(29)33-25(2,3)4/h7-15,23H,6,16-17H2,1-5H3,(H,27,31)/t23-,26-/m0/s1. The fourth-order valence-electron chi connectivity index (χ4n) is 3.83. The van der Waals surface area contributed by atoms with Gasteiger partial charge in [0.05, 0.1) is 5.56 Å². The second-order valence-corrected chi connectivity index (χ2v) is 9.48. The summed E-state index contributed by atoms with van der Waals surface area (Å²) in [6.45, 7) is 9.54. The summed E-state index contributed by atoms with van der Waals surface area (Å²) in [6, 6.07) is 15.5. The van der Waals surface area contributed by atoms with E-state index in [0.29, 0.717) is 24.3 Å². The zero-order valence-corrected chi connectivity index (χ0v) is 19.9. The third kappa shape index (κ3) is 5.53. The number of hydrogen-bond donors (Lipinski definition) is 1. The molecule has 1 N–H and O–H groups in total. The molecule has 0 spiro atoms. The molecule has 0 aromatic heterocycles. The number of rotatable bonds is 7. The summed E-state index contributed by atoms with van der Waals surface area (Å²) in [7, 11) is 0. The lowest BCUT2D eigenvalue weighted by Crippen LogP contribution is -2.72. The molecule has 0 unspecified atom stereocenters. The molecular formula is C26H32N2O5. The monoisotopic (exact) mass is 452 g/mol. The molecule has 3 rings (SSSR count). The minimum Gasteiger partial charge on any atom is -0.469 e. The van der Waals surface area contributed by atoms with Gasteiger partial charge in [0, 0.05) is 6.54 Å². The van der Waals surface area contributed by atoms with Crippen LogP contribution in [0.2, 0.25) is 0 Å². The maximum Gasteiger partial charge on any atom is 0.338 e. The first-order valence-electron chi connectivity index (χ1n) is 11.2. The first-order valence-corrected chi connectivity index (χ1v) is 11.2. The molecule has 176 valence electrons. The SMILES string of the molecule is CCC[C@@]1(C)C(=O)N(C(=O)NCc2ccccc2)[C@H]1Oc1ccc(C(=O)OC(C)(C)C)cc1. The van der Waals surface area contributed by atoms with E-state index in [9.17, 15) is 14.4 Å². The van der Waals surface area contributed by atoms with Crippen molar-refractivity contribution in [2.45, 2.75) is 65.8 Å². The van der Waals surface area contributed by atoms with Crippen molar-refractivity contribution in [1.29, 1.82) is 0 Å². The molecule has 7 heteroatoms. The highest BCUT2D eigenvalue weighted by molar-refractivity contribution is 6.03. The summed E-state index contributed by atoms with van der Waals surface area (Å²) in [5, 5.41) is 2.80. The van der Waals surface area contributed by atoms with Gasteiger partial charge in [0.15, 0.2) is 6.23 Å². The van der Waals surface area contributed by atoms with Crippen molar-refractivity contribution >= 4 is 17.9 Å². The van der Waals surface area contributed by atoms with Crippen LogP contribution < -0.4 is 10.1 Å². The highest BCUT2D eigenvalue weighted by Gasteiger charge is 2.61. The number of likely N-dealkylation sites (tertiary alicyclic amines) is 1. The lowest BCUT2D eigenvalue weighted by Gasteiger charge is -2.51. The molecule has 1 aliphatic rings. The van der Waals surface area contributed by atoms with Gasteiger partial charge in [-0.2, -0.15) is 0 Å². The number of imide groups is 1. The molecule has 0 saturated carbocycles. The van der Waals surface area contributed by atoms with Gasteiger partial charge in [-0.15, -0.1) is 0 Å². The number of hydrogen-bond acceptors (Lipinski definition) is 5. The average molecular weight is 453 g/mol. The van der Waals surface area contributed by atoms with Crippen LogP contribution in [0.5, 0.6) is 5.75 Å². The Labute approximate surface area is 195 Å². The number of β-lactam (4-membered cyclic amide) rings is 1. The van der Waals surface area contributed by atoms with E-state index >= 15 is 0 Å². The second kappa shape index (κ2) is 9.65. The smallest absolute Gasteiger partial charge is 0.338 e. The van der Waals surface area contributed by atoms with Crippen LogP contribution >= 0.6 is 0 Å². The fourth-order valence-corrected chi connectivity index (χ4v) is 3.83. The van der Waals surface area contributed by atoms with Crippen LogP contribution in [-0.2, 0) is 16.1 Å². The molecule has 1 fully saturated rings. The van der Waals surface area contributed by atoms with Gasteiger partial charge in [0.25, 0.3) is 0 Å². The molecule has 1 saturated heterocycles. The van der Waals surface area contributed by atoms with E-state index < -0.39 is 29.2 Å². The van der Waals surface area contributed by atoms with E-state index in [-0.39, 0.29) is 5.91 Å². The van der Waals surface area contributed by atoms with Gasteiger partial charge in [-0.05, 0) is 63.9 Å². The third-order valence-electron chi connectivity index (χ3n) is 5.50. The van der Waals surface area contributed by atoms with Crippen LogP contribution in [0.25, 0.3) is 0 Å². The maximum absolute atomic E-state index is 12.9. The van der Waals surface area contributed by atoms with E-state index in [1.54, 1.807) is 24.3 Å². The van der Waals surface area contributed by atoms with E-state index in [4.69, 9.17) is 9.47 Å². The van der Waals surface area contributed by atoms with Crippen LogP contribution in [0.3, 0.4) is 0 Å². The Bertz CT molecular complexity index is 998. The summed E-state index contributed by atoms with van der Waals surface area (Å²) in [5.74, 6) is -0.223. The predicted octanol–water partition coefficient (Wildman–Crippen LogP) is 4.91. The molecule has 0 aliphatic carbocycles. The van der Waals surface area contributed by atoms with Crippen molar-refractivity contribution in [3.05, 3.63) is 65.7 Å². The molecule has 1 aliphatic heterocycles. The number of amides is 3. The average Bonchev–Trinajstić information content (AvgIpc) is 2.77. The van der Waals surface area contributed by atoms with Gasteiger partial charge in [0.1, 0.15) is 16.8 Å². The van der Waals surface area contributed by atoms with Crippen molar-refractivity contribution in [3.8, 4) is 5.75 Å². The number of urea groups is 1. The number of esters is 1. The topological polar surface area (TPSA) is 84.9 Å². The van der Waals surface area contributed by atoms with Gasteiger partial charge in [-0.1, -0.05) is 43.7 Å². The summed E-state index contributed by atoms with van der Waals surface area (Å²) in [5.41, 5.74) is -0.0577. The highest BCUT2D eigenvalue weighted by atomic mass is 16.6. The van der Waals surface area contributed by atoms with E-state index in [1.807, 2.05) is 65.0 Å². The Morgan fingerprint density at radius 1 is 1.06 bits per heavy atom. The van der Waals surface area contributed by atoms with Gasteiger partial charge in [0.2, 0.25) is 5.91 Å². The number of carbonyl (C=O) groups is 3. The van der Waals surface area contributed by atoms with Crippen molar-refractivity contribution < 1.29 is 23.9 Å². The van der Waals surface area contributed by atoms with Crippen LogP contribution in [0, 0.1) is 5.41 Å². The van der Waals surface area contributed by atoms with Gasteiger partial charge in [-0.25, -0.2) is 14.5 Å².